The smallest absolute Gasteiger partial charge is 0.271 e. The Hall–Kier alpha value is -1.44. The molecule has 2 N–H and O–H groups in total. The molecule has 2 fully saturated rings. The number of likely N-dealkylation sites (tertiary alicyclic amines) is 1. The van der Waals surface area contributed by atoms with Crippen molar-refractivity contribution in [3.05, 3.63) is 18.2 Å². The number of β-amino-alcohol motifs (C(OH)–C–C–N with tert-alkyl or cyclic N) is 1. The fourth-order valence-corrected chi connectivity index (χ4v) is 3.26. The van der Waals surface area contributed by atoms with E-state index in [0.29, 0.717) is 31.7 Å². The molecule has 0 bridgehead atoms. The van der Waals surface area contributed by atoms with Crippen LogP contribution in [0.4, 0.5) is 0 Å². The highest BCUT2D eigenvalue weighted by Crippen LogP contribution is 2.24. The first-order valence-electron chi connectivity index (χ1n) is 7.96. The van der Waals surface area contributed by atoms with Crippen LogP contribution in [0, 0.1) is 0 Å². The van der Waals surface area contributed by atoms with Crippen molar-refractivity contribution in [2.75, 3.05) is 45.9 Å². The standard InChI is InChI=1S/C15H24N4O3/c20-14(13-10-16-12-17-13)19-4-1-2-15(21,3-5-19)11-18-6-8-22-9-7-18/h10,12,21H,1-9,11H2,(H,16,17). The van der Waals surface area contributed by atoms with E-state index >= 15 is 0 Å². The number of rotatable bonds is 3. The first-order chi connectivity index (χ1) is 10.7. The predicted molar refractivity (Wildman–Crippen MR) is 80.6 cm³/mol. The van der Waals surface area contributed by atoms with Gasteiger partial charge in [0.25, 0.3) is 5.91 Å². The van der Waals surface area contributed by atoms with Crippen molar-refractivity contribution < 1.29 is 14.6 Å². The van der Waals surface area contributed by atoms with Crippen LogP contribution in [0.1, 0.15) is 29.8 Å². The second-order valence-electron chi connectivity index (χ2n) is 6.22. The summed E-state index contributed by atoms with van der Waals surface area (Å²) in [5.74, 6) is -0.0341. The van der Waals surface area contributed by atoms with E-state index in [1.54, 1.807) is 6.20 Å². The molecule has 3 rings (SSSR count). The highest BCUT2D eigenvalue weighted by Gasteiger charge is 2.34. The van der Waals surface area contributed by atoms with Gasteiger partial charge in [0, 0.05) is 32.7 Å². The van der Waals surface area contributed by atoms with Crippen molar-refractivity contribution in [1.82, 2.24) is 19.8 Å². The number of aromatic nitrogens is 2. The summed E-state index contributed by atoms with van der Waals surface area (Å²) >= 11 is 0. The number of carbonyl (C=O) groups is 1. The normalized spacial score (nSPS) is 27.6. The summed E-state index contributed by atoms with van der Waals surface area (Å²) in [6.45, 7) is 5.16. The molecule has 0 saturated carbocycles. The molecule has 122 valence electrons. The maximum absolute atomic E-state index is 12.4. The van der Waals surface area contributed by atoms with E-state index in [9.17, 15) is 9.90 Å². The van der Waals surface area contributed by atoms with Crippen molar-refractivity contribution in [1.29, 1.82) is 0 Å². The molecule has 7 heteroatoms. The monoisotopic (exact) mass is 308 g/mol. The minimum Gasteiger partial charge on any atom is -0.388 e. The largest absolute Gasteiger partial charge is 0.388 e. The fourth-order valence-electron chi connectivity index (χ4n) is 3.26. The lowest BCUT2D eigenvalue weighted by atomic mass is 9.94. The number of nitrogens with zero attached hydrogens (tertiary/aromatic N) is 3. The maximum Gasteiger partial charge on any atom is 0.271 e. The second kappa shape index (κ2) is 6.76. The zero-order chi connectivity index (χ0) is 15.4. The van der Waals surface area contributed by atoms with Gasteiger partial charge in [-0.25, -0.2) is 4.98 Å². The molecule has 1 aromatic heterocycles. The van der Waals surface area contributed by atoms with Gasteiger partial charge in [-0.2, -0.15) is 0 Å². The van der Waals surface area contributed by atoms with Gasteiger partial charge in [0.1, 0.15) is 5.69 Å². The molecule has 22 heavy (non-hydrogen) atoms. The number of aliphatic hydroxyl groups is 1. The highest BCUT2D eigenvalue weighted by atomic mass is 16.5. The third-order valence-corrected chi connectivity index (χ3v) is 4.55. The average Bonchev–Trinajstić information content (AvgIpc) is 2.99. The van der Waals surface area contributed by atoms with Crippen molar-refractivity contribution in [2.45, 2.75) is 24.9 Å². The van der Waals surface area contributed by atoms with Crippen LogP contribution in [0.25, 0.3) is 0 Å². The number of amides is 1. The Morgan fingerprint density at radius 1 is 1.32 bits per heavy atom. The highest BCUT2D eigenvalue weighted by molar-refractivity contribution is 5.92. The minimum atomic E-state index is -0.708. The first kappa shape index (κ1) is 15.5. The number of hydrogen-bond acceptors (Lipinski definition) is 5. The van der Waals surface area contributed by atoms with Crippen LogP contribution in [0.15, 0.2) is 12.5 Å². The zero-order valence-corrected chi connectivity index (χ0v) is 12.8. The number of ether oxygens (including phenoxy) is 1. The van der Waals surface area contributed by atoms with Crippen LogP contribution in [0.3, 0.4) is 0 Å². The summed E-state index contributed by atoms with van der Waals surface area (Å²) in [6.07, 6.45) is 5.23. The molecule has 1 atom stereocenters. The van der Waals surface area contributed by atoms with Gasteiger partial charge in [-0.1, -0.05) is 0 Å². The minimum absolute atomic E-state index is 0.0341. The summed E-state index contributed by atoms with van der Waals surface area (Å²) in [6, 6.07) is 0. The van der Waals surface area contributed by atoms with Crippen molar-refractivity contribution in [2.24, 2.45) is 0 Å². The van der Waals surface area contributed by atoms with Gasteiger partial charge in [-0.3, -0.25) is 9.69 Å². The quantitative estimate of drug-likeness (QED) is 0.827. The number of H-pyrrole nitrogens is 1. The summed E-state index contributed by atoms with van der Waals surface area (Å²) in [7, 11) is 0. The molecule has 7 nitrogen and oxygen atoms in total. The van der Waals surface area contributed by atoms with Gasteiger partial charge < -0.3 is 19.7 Å². The number of hydrogen-bond donors (Lipinski definition) is 2. The van der Waals surface area contributed by atoms with Gasteiger partial charge >= 0.3 is 0 Å². The molecular weight excluding hydrogens is 284 g/mol. The fraction of sp³-hybridized carbons (Fsp3) is 0.733. The third-order valence-electron chi connectivity index (χ3n) is 4.55. The van der Waals surface area contributed by atoms with Crippen LogP contribution in [-0.4, -0.2) is 82.3 Å². The van der Waals surface area contributed by atoms with E-state index in [0.717, 1.165) is 39.1 Å². The Kier molecular flexibility index (Phi) is 4.75. The van der Waals surface area contributed by atoms with E-state index in [4.69, 9.17) is 4.74 Å². The maximum atomic E-state index is 12.4. The lowest BCUT2D eigenvalue weighted by molar-refractivity contribution is -0.0389. The van der Waals surface area contributed by atoms with Crippen molar-refractivity contribution >= 4 is 5.91 Å². The van der Waals surface area contributed by atoms with Gasteiger partial charge in [0.15, 0.2) is 0 Å². The average molecular weight is 308 g/mol. The zero-order valence-electron chi connectivity index (χ0n) is 12.8. The summed E-state index contributed by atoms with van der Waals surface area (Å²) in [5.41, 5.74) is -0.195. The lowest BCUT2D eigenvalue weighted by Gasteiger charge is -2.35. The second-order valence-corrected chi connectivity index (χ2v) is 6.22. The number of morpholine rings is 1. The molecule has 1 amide bonds. The summed E-state index contributed by atoms with van der Waals surface area (Å²) in [4.78, 5) is 23.2. The van der Waals surface area contributed by atoms with Crippen LogP contribution in [0.5, 0.6) is 0 Å². The Morgan fingerprint density at radius 3 is 2.86 bits per heavy atom. The van der Waals surface area contributed by atoms with E-state index in [-0.39, 0.29) is 5.91 Å². The summed E-state index contributed by atoms with van der Waals surface area (Å²) < 4.78 is 5.35. The lowest BCUT2D eigenvalue weighted by Crippen LogP contribution is -2.48. The van der Waals surface area contributed by atoms with E-state index in [2.05, 4.69) is 14.9 Å². The van der Waals surface area contributed by atoms with E-state index in [1.165, 1.54) is 6.33 Å². The molecule has 0 radical (unpaired) electrons. The Bertz CT molecular complexity index is 487. The molecule has 0 aromatic carbocycles. The van der Waals surface area contributed by atoms with Gasteiger partial charge in [-0.15, -0.1) is 0 Å². The number of nitrogens with one attached hydrogen (secondary N) is 1. The predicted octanol–water partition coefficient (Wildman–Crippen LogP) is 0.0991. The van der Waals surface area contributed by atoms with E-state index in [1.807, 2.05) is 4.90 Å². The number of aromatic amines is 1. The molecule has 2 aliphatic rings. The molecule has 2 aliphatic heterocycles. The molecule has 1 aromatic rings. The molecular formula is C15H24N4O3. The van der Waals surface area contributed by atoms with Crippen LogP contribution >= 0.6 is 0 Å². The molecule has 3 heterocycles. The molecule has 2 saturated heterocycles. The topological polar surface area (TPSA) is 81.7 Å². The van der Waals surface area contributed by atoms with Gasteiger partial charge in [0.2, 0.25) is 0 Å². The summed E-state index contributed by atoms with van der Waals surface area (Å²) in [5, 5.41) is 10.9. The van der Waals surface area contributed by atoms with Crippen molar-refractivity contribution in [3.63, 3.8) is 0 Å². The van der Waals surface area contributed by atoms with E-state index < -0.39 is 5.60 Å². The number of carbonyl (C=O) groups excluding carboxylic acids is 1. The first-order valence-corrected chi connectivity index (χ1v) is 7.96. The molecule has 0 aliphatic carbocycles. The van der Waals surface area contributed by atoms with Gasteiger partial charge in [0.05, 0.1) is 31.3 Å². The van der Waals surface area contributed by atoms with Crippen LogP contribution in [0.2, 0.25) is 0 Å². The molecule has 0 spiro atoms. The number of imidazole rings is 1. The Morgan fingerprint density at radius 2 is 2.14 bits per heavy atom. The molecule has 1 unspecified atom stereocenters. The van der Waals surface area contributed by atoms with Crippen LogP contribution < -0.4 is 0 Å². The van der Waals surface area contributed by atoms with Crippen molar-refractivity contribution in [3.8, 4) is 0 Å². The Labute approximate surface area is 130 Å². The Balaban J connectivity index is 1.57. The SMILES string of the molecule is O=C(c1cnc[nH]1)N1CCCC(O)(CN2CCOCC2)CC1. The van der Waals surface area contributed by atoms with Gasteiger partial charge in [-0.05, 0) is 19.3 Å². The van der Waals surface area contributed by atoms with Crippen LogP contribution in [-0.2, 0) is 4.74 Å². The third kappa shape index (κ3) is 3.66.